The number of hydrogen-bond acceptors (Lipinski definition) is 1. The van der Waals surface area contributed by atoms with Crippen LogP contribution in [0.2, 0.25) is 0 Å². The minimum absolute atomic E-state index is 0. The summed E-state index contributed by atoms with van der Waals surface area (Å²) >= 11 is 0. The van der Waals surface area contributed by atoms with Gasteiger partial charge in [0.25, 0.3) is 5.92 Å². The molecule has 1 fully saturated rings. The van der Waals surface area contributed by atoms with Crippen molar-refractivity contribution in [2.45, 2.75) is 19.8 Å². The second kappa shape index (κ2) is 3.50. The number of likely N-dealkylation sites (tertiary alicyclic amines) is 1. The number of nitrogens with zero attached hydrogens (tertiary/aromatic N) is 1. The zero-order chi connectivity index (χ0) is 9.07. The summed E-state index contributed by atoms with van der Waals surface area (Å²) in [4.78, 5) is 11.0. The average molecular weight is 168 g/mol. The topological polar surface area (TPSA) is 46.3 Å². The molecule has 2 amide bonds. The molecule has 2 N–H and O–H groups in total. The predicted octanol–water partition coefficient (Wildman–Crippen LogP) is 1.29. The van der Waals surface area contributed by atoms with Crippen LogP contribution in [0.3, 0.4) is 0 Å². The van der Waals surface area contributed by atoms with E-state index in [2.05, 4.69) is 5.73 Å². The Labute approximate surface area is 65.6 Å². The van der Waals surface area contributed by atoms with Crippen LogP contribution >= 0.6 is 0 Å². The Morgan fingerprint density at radius 2 is 1.91 bits per heavy atom. The molecule has 0 atom stereocenters. The molecule has 0 bridgehead atoms. The van der Waals surface area contributed by atoms with Gasteiger partial charge in [0.1, 0.15) is 0 Å². The Balaban J connectivity index is 0. The summed E-state index contributed by atoms with van der Waals surface area (Å²) in [6, 6.07) is -0.777. The number of urea groups is 1. The molecule has 11 heavy (non-hydrogen) atoms. The van der Waals surface area contributed by atoms with Crippen LogP contribution in [0, 0.1) is 0 Å². The maximum atomic E-state index is 11.9. The smallest absolute Gasteiger partial charge is 0.315 e. The lowest BCUT2D eigenvalue weighted by Gasteiger charge is -2.37. The highest BCUT2D eigenvalue weighted by atomic mass is 19.3. The number of halogens is 2. The third kappa shape index (κ3) is 2.69. The van der Waals surface area contributed by atoms with Crippen molar-refractivity contribution in [1.29, 1.82) is 0 Å². The first-order valence-electron chi connectivity index (χ1n) is 3.43. The molecular formula is C6H14F2N2O. The highest BCUT2D eigenvalue weighted by molar-refractivity contribution is 5.73. The number of hydrogen-bond donors (Lipinski definition) is 1. The molecule has 0 aromatic carbocycles. The van der Waals surface area contributed by atoms with Crippen molar-refractivity contribution >= 4 is 6.03 Å². The van der Waals surface area contributed by atoms with Gasteiger partial charge in [-0.25, -0.2) is 13.6 Å². The first kappa shape index (κ1) is 10.1. The van der Waals surface area contributed by atoms with E-state index in [9.17, 15) is 13.6 Å². The van der Waals surface area contributed by atoms with Crippen molar-refractivity contribution in [2.75, 3.05) is 13.1 Å². The average Bonchev–Trinajstić information content (AvgIpc) is 1.87. The number of amides is 2. The van der Waals surface area contributed by atoms with E-state index in [4.69, 9.17) is 0 Å². The van der Waals surface area contributed by atoms with Gasteiger partial charge < -0.3 is 10.6 Å². The van der Waals surface area contributed by atoms with Crippen molar-refractivity contribution in [3.8, 4) is 0 Å². The van der Waals surface area contributed by atoms with Crippen LogP contribution in [0.25, 0.3) is 0 Å². The standard InChI is InChI=1S/C4H6F2N2O.C2H6.H2/c5-4(6)1-8(2-4)3(7)9;1-2;/h1-2H2,(H2,7,9);1-2H3;1H. The SMILES string of the molecule is CC.NC(=O)N1CC(F)(F)C1.[HH]. The van der Waals surface area contributed by atoms with Crippen molar-refractivity contribution in [2.24, 2.45) is 5.73 Å². The van der Waals surface area contributed by atoms with Gasteiger partial charge in [0.2, 0.25) is 0 Å². The largest absolute Gasteiger partial charge is 0.351 e. The molecule has 68 valence electrons. The van der Waals surface area contributed by atoms with Gasteiger partial charge in [-0.05, 0) is 0 Å². The minimum atomic E-state index is -2.70. The van der Waals surface area contributed by atoms with Gasteiger partial charge in [0.15, 0.2) is 0 Å². The monoisotopic (exact) mass is 168 g/mol. The molecule has 5 heteroatoms. The van der Waals surface area contributed by atoms with Gasteiger partial charge in [-0.2, -0.15) is 0 Å². The Bertz CT molecular complexity index is 146. The molecule has 1 rings (SSSR count). The van der Waals surface area contributed by atoms with E-state index < -0.39 is 25.0 Å². The molecule has 1 saturated heterocycles. The third-order valence-electron chi connectivity index (χ3n) is 1.16. The fourth-order valence-electron chi connectivity index (χ4n) is 0.668. The molecule has 1 aliphatic heterocycles. The number of carbonyl (C=O) groups excluding carboxylic acids is 1. The molecule has 0 aliphatic carbocycles. The van der Waals surface area contributed by atoms with Crippen LogP contribution in [0.4, 0.5) is 13.6 Å². The van der Waals surface area contributed by atoms with E-state index in [0.29, 0.717) is 0 Å². The molecule has 0 spiro atoms. The number of primary amides is 1. The lowest BCUT2D eigenvalue weighted by molar-refractivity contribution is -0.108. The van der Waals surface area contributed by atoms with E-state index in [0.717, 1.165) is 4.90 Å². The van der Waals surface area contributed by atoms with Crippen molar-refractivity contribution in [1.82, 2.24) is 4.90 Å². The highest BCUT2D eigenvalue weighted by Gasteiger charge is 2.45. The van der Waals surface area contributed by atoms with Crippen molar-refractivity contribution in [3.63, 3.8) is 0 Å². The Hall–Kier alpha value is -0.870. The van der Waals surface area contributed by atoms with Crippen LogP contribution in [0.15, 0.2) is 0 Å². The van der Waals surface area contributed by atoms with Crippen LogP contribution in [-0.2, 0) is 0 Å². The quantitative estimate of drug-likeness (QED) is 0.582. The fourth-order valence-corrected chi connectivity index (χ4v) is 0.668. The molecule has 0 aromatic heterocycles. The Kier molecular flexibility index (Phi) is 3.22. The highest BCUT2D eigenvalue weighted by Crippen LogP contribution is 2.25. The van der Waals surface area contributed by atoms with Gasteiger partial charge in [0, 0.05) is 1.43 Å². The Morgan fingerprint density at radius 1 is 1.55 bits per heavy atom. The number of carbonyl (C=O) groups is 1. The summed E-state index contributed by atoms with van der Waals surface area (Å²) in [5.74, 6) is -2.70. The first-order valence-corrected chi connectivity index (χ1v) is 3.43. The van der Waals surface area contributed by atoms with E-state index in [1.165, 1.54) is 0 Å². The second-order valence-electron chi connectivity index (χ2n) is 2.05. The van der Waals surface area contributed by atoms with Gasteiger partial charge in [-0.3, -0.25) is 0 Å². The zero-order valence-corrected chi connectivity index (χ0v) is 6.60. The second-order valence-corrected chi connectivity index (χ2v) is 2.05. The molecule has 0 unspecified atom stereocenters. The van der Waals surface area contributed by atoms with E-state index in [1.54, 1.807) is 0 Å². The summed E-state index contributed by atoms with van der Waals surface area (Å²) in [6.45, 7) is 2.95. The Morgan fingerprint density at radius 3 is 2.00 bits per heavy atom. The van der Waals surface area contributed by atoms with Crippen molar-refractivity contribution in [3.05, 3.63) is 0 Å². The summed E-state index contributed by atoms with van der Waals surface area (Å²) < 4.78 is 23.8. The maximum Gasteiger partial charge on any atom is 0.315 e. The normalized spacial score (nSPS) is 19.5. The van der Waals surface area contributed by atoms with E-state index >= 15 is 0 Å². The lowest BCUT2D eigenvalue weighted by Crippen LogP contribution is -2.59. The minimum Gasteiger partial charge on any atom is -0.351 e. The van der Waals surface area contributed by atoms with Crippen LogP contribution in [-0.4, -0.2) is 29.9 Å². The molecular weight excluding hydrogens is 154 g/mol. The van der Waals surface area contributed by atoms with Crippen LogP contribution in [0.1, 0.15) is 15.3 Å². The lowest BCUT2D eigenvalue weighted by atomic mass is 10.2. The first-order chi connectivity index (χ1) is 5.01. The summed E-state index contributed by atoms with van der Waals surface area (Å²) in [7, 11) is 0. The predicted molar refractivity (Wildman–Crippen MR) is 39.6 cm³/mol. The van der Waals surface area contributed by atoms with E-state index in [-0.39, 0.29) is 1.43 Å². The molecule has 0 aromatic rings. The molecule has 1 aliphatic rings. The molecule has 1 heterocycles. The molecule has 0 saturated carbocycles. The van der Waals surface area contributed by atoms with Gasteiger partial charge >= 0.3 is 6.03 Å². The third-order valence-corrected chi connectivity index (χ3v) is 1.16. The van der Waals surface area contributed by atoms with Gasteiger partial charge in [-0.1, -0.05) is 13.8 Å². The van der Waals surface area contributed by atoms with Crippen LogP contribution in [0.5, 0.6) is 0 Å². The van der Waals surface area contributed by atoms with Gasteiger partial charge in [0.05, 0.1) is 13.1 Å². The fraction of sp³-hybridized carbons (Fsp3) is 0.833. The number of alkyl halides is 2. The number of rotatable bonds is 0. The summed E-state index contributed by atoms with van der Waals surface area (Å²) in [5, 5.41) is 0. The zero-order valence-electron chi connectivity index (χ0n) is 6.60. The molecule has 0 radical (unpaired) electrons. The van der Waals surface area contributed by atoms with Gasteiger partial charge in [-0.15, -0.1) is 0 Å². The summed E-state index contributed by atoms with van der Waals surface area (Å²) in [5.41, 5.74) is 4.67. The maximum absolute atomic E-state index is 11.9. The number of nitrogens with two attached hydrogens (primary N) is 1. The van der Waals surface area contributed by atoms with E-state index in [1.807, 2.05) is 13.8 Å². The van der Waals surface area contributed by atoms with Crippen LogP contribution < -0.4 is 5.73 Å². The van der Waals surface area contributed by atoms with Crippen molar-refractivity contribution < 1.29 is 15.0 Å². The summed E-state index contributed by atoms with van der Waals surface area (Å²) in [6.07, 6.45) is 0. The molecule has 3 nitrogen and oxygen atoms in total.